The van der Waals surface area contributed by atoms with E-state index in [4.69, 9.17) is 47.4 Å². The molecule has 3 fully saturated rings. The summed E-state index contributed by atoms with van der Waals surface area (Å²) in [5.74, 6) is -5.75. The number of hydrogen-bond donors (Lipinski definition) is 8. The number of carbonyl (C=O) groups is 2. The van der Waals surface area contributed by atoms with Crippen LogP contribution in [0.4, 0.5) is 0 Å². The lowest BCUT2D eigenvalue weighted by atomic mass is 9.80. The molecule has 2 saturated heterocycles. The number of ether oxygens (including phenoxy) is 10. The minimum atomic E-state index is -1.97. The van der Waals surface area contributed by atoms with E-state index in [-0.39, 0.29) is 29.9 Å². The Hall–Kier alpha value is -2.80. The zero-order valence-corrected chi connectivity index (χ0v) is 30.7. The predicted molar refractivity (Wildman–Crippen MR) is 178 cm³/mol. The van der Waals surface area contributed by atoms with E-state index in [9.17, 15) is 50.4 Å². The van der Waals surface area contributed by atoms with Crippen molar-refractivity contribution in [2.24, 2.45) is 29.6 Å². The van der Waals surface area contributed by atoms with Gasteiger partial charge >= 0.3 is 11.9 Å². The van der Waals surface area contributed by atoms with E-state index < -0.39 is 135 Å². The van der Waals surface area contributed by atoms with Gasteiger partial charge < -0.3 is 88.2 Å². The molecule has 8 N–H and O–H groups in total. The molecule has 0 spiro atoms. The molecule has 2 unspecified atom stereocenters. The van der Waals surface area contributed by atoms with E-state index >= 15 is 0 Å². The monoisotopic (exact) mass is 792 g/mol. The van der Waals surface area contributed by atoms with Crippen molar-refractivity contribution in [2.75, 3.05) is 34.5 Å². The van der Waals surface area contributed by atoms with Crippen LogP contribution in [-0.4, -0.2) is 174 Å². The first kappa shape index (κ1) is 43.3. The van der Waals surface area contributed by atoms with E-state index in [1.54, 1.807) is 6.08 Å². The number of esters is 2. The highest BCUT2D eigenvalue weighted by molar-refractivity contribution is 5.90. The number of allylic oxidation sites excluding steroid dienone is 1. The van der Waals surface area contributed by atoms with Gasteiger partial charge in [0.05, 0.1) is 49.9 Å². The Bertz CT molecular complexity index is 1380. The molecule has 4 bridgehead atoms. The lowest BCUT2D eigenvalue weighted by molar-refractivity contribution is -0.373. The van der Waals surface area contributed by atoms with Gasteiger partial charge in [-0.15, -0.1) is 6.58 Å². The zero-order chi connectivity index (χ0) is 40.3. The summed E-state index contributed by atoms with van der Waals surface area (Å²) in [5.41, 5.74) is -0.129. The first-order valence-electron chi connectivity index (χ1n) is 17.8. The Morgan fingerprint density at radius 1 is 0.836 bits per heavy atom. The molecule has 0 radical (unpaired) electrons. The van der Waals surface area contributed by atoms with Crippen LogP contribution in [0.1, 0.15) is 19.8 Å². The van der Waals surface area contributed by atoms with E-state index in [1.807, 2.05) is 6.92 Å². The van der Waals surface area contributed by atoms with Gasteiger partial charge in [-0.25, -0.2) is 9.59 Å². The number of hydrogen-bond acceptors (Lipinski definition) is 20. The highest BCUT2D eigenvalue weighted by atomic mass is 16.8. The summed E-state index contributed by atoms with van der Waals surface area (Å²) < 4.78 is 57.9. The normalized spacial score (nSPS) is 43.5. The molecule has 20 nitrogen and oxygen atoms in total. The Balaban J connectivity index is 1.68. The number of aliphatic hydroxyl groups is 8. The molecular formula is C35H52O20. The largest absolute Gasteiger partial charge is 0.471 e. The van der Waals surface area contributed by atoms with Crippen molar-refractivity contribution < 1.29 is 97.8 Å². The summed E-state index contributed by atoms with van der Waals surface area (Å²) in [6.45, 7) is 4.15. The number of methoxy groups -OCH3 is 3. The van der Waals surface area contributed by atoms with Gasteiger partial charge in [0, 0.05) is 38.4 Å². The Morgan fingerprint density at radius 2 is 1.36 bits per heavy atom. The maximum Gasteiger partial charge on any atom is 0.337 e. The molecule has 0 aromatic carbocycles. The van der Waals surface area contributed by atoms with E-state index in [0.29, 0.717) is 0 Å². The lowest BCUT2D eigenvalue weighted by Gasteiger charge is -2.46. The second kappa shape index (κ2) is 18.6. The Morgan fingerprint density at radius 3 is 1.84 bits per heavy atom. The number of carbonyl (C=O) groups excluding carboxylic acids is 2. The van der Waals surface area contributed by atoms with Crippen LogP contribution in [0.15, 0.2) is 36.3 Å². The van der Waals surface area contributed by atoms with Gasteiger partial charge in [0.1, 0.15) is 54.9 Å². The van der Waals surface area contributed by atoms with Crippen molar-refractivity contribution in [3.8, 4) is 0 Å². The first-order chi connectivity index (χ1) is 26.2. The highest BCUT2D eigenvalue weighted by Gasteiger charge is 2.55. The van der Waals surface area contributed by atoms with Gasteiger partial charge in [0.15, 0.2) is 18.9 Å². The molecular weight excluding hydrogens is 740 g/mol. The Kier molecular flexibility index (Phi) is 14.7. The third-order valence-electron chi connectivity index (χ3n) is 11.1. The molecule has 0 aromatic rings. The van der Waals surface area contributed by atoms with Crippen LogP contribution < -0.4 is 0 Å². The molecule has 55 heavy (non-hydrogen) atoms. The predicted octanol–water partition coefficient (Wildman–Crippen LogP) is -3.12. The molecule has 312 valence electrons. The van der Waals surface area contributed by atoms with Crippen LogP contribution in [0.3, 0.4) is 0 Å². The summed E-state index contributed by atoms with van der Waals surface area (Å²) in [7, 11) is 3.83. The van der Waals surface area contributed by atoms with Gasteiger partial charge in [-0.05, 0) is 12.3 Å². The number of aliphatic hydroxyl groups excluding tert-OH is 8. The van der Waals surface area contributed by atoms with Crippen molar-refractivity contribution in [1.82, 2.24) is 0 Å². The molecule has 4 aliphatic heterocycles. The number of rotatable bonds is 12. The minimum Gasteiger partial charge on any atom is -0.471 e. The van der Waals surface area contributed by atoms with Gasteiger partial charge in [-0.1, -0.05) is 13.0 Å². The maximum absolute atomic E-state index is 14.2. The van der Waals surface area contributed by atoms with Gasteiger partial charge in [-0.2, -0.15) is 0 Å². The second-order valence-electron chi connectivity index (χ2n) is 14.1. The third kappa shape index (κ3) is 8.72. The topological polar surface area (TPSA) is 288 Å². The number of fused-ring (bicyclic) bond motifs is 4. The lowest BCUT2D eigenvalue weighted by Crippen LogP contribution is -2.62. The maximum atomic E-state index is 14.2. The molecule has 4 heterocycles. The molecule has 0 aromatic heterocycles. The van der Waals surface area contributed by atoms with E-state index in [1.165, 1.54) is 14.2 Å². The minimum absolute atomic E-state index is 0.0251. The van der Waals surface area contributed by atoms with Crippen molar-refractivity contribution in [3.63, 3.8) is 0 Å². The van der Waals surface area contributed by atoms with Crippen molar-refractivity contribution in [3.05, 3.63) is 36.3 Å². The first-order valence-corrected chi connectivity index (χ1v) is 17.8. The highest BCUT2D eigenvalue weighted by Crippen LogP contribution is 2.47. The molecule has 20 heteroatoms. The fraction of sp³-hybridized carbons (Fsp3) is 0.771. The van der Waals surface area contributed by atoms with E-state index in [2.05, 4.69) is 6.58 Å². The standard InChI is InChI=1S/C35H52O20/c1-6-14-13(2)19-7-15(14)17(30(44)48-5)11-49-32(54-34-28(42)26(40)24(38)20(9-36)52-34)23-16(8-22(46-3)47-4)18(31(45)51-19)12-50-33(23)55-35-29(43)27(41)25(39)21(10-37)53-35/h6,11-16,19-29,32-43H,1,7-10H2,2-5H3/t13-,14-,15?,16-,19+,20-,21-,23+,24-,25-,26-,27-,28+,29+,32?,33-,34+,35+/m0/s1. The smallest absolute Gasteiger partial charge is 0.337 e. The average molecular weight is 793 g/mol. The van der Waals surface area contributed by atoms with Crippen molar-refractivity contribution in [2.45, 2.75) is 106 Å². The second-order valence-corrected chi connectivity index (χ2v) is 14.1. The fourth-order valence-electron chi connectivity index (χ4n) is 7.83. The summed E-state index contributed by atoms with van der Waals surface area (Å²) in [5, 5.41) is 83.7. The molecule has 1 saturated carbocycles. The summed E-state index contributed by atoms with van der Waals surface area (Å²) >= 11 is 0. The third-order valence-corrected chi connectivity index (χ3v) is 11.1. The van der Waals surface area contributed by atoms with Crippen LogP contribution in [0, 0.1) is 29.6 Å². The molecule has 5 rings (SSSR count). The van der Waals surface area contributed by atoms with Crippen molar-refractivity contribution >= 4 is 11.9 Å². The van der Waals surface area contributed by atoms with Gasteiger partial charge in [-0.3, -0.25) is 0 Å². The zero-order valence-electron chi connectivity index (χ0n) is 30.7. The average Bonchev–Trinajstić information content (AvgIpc) is 3.49. The molecule has 1 aliphatic carbocycles. The van der Waals surface area contributed by atoms with Crippen LogP contribution in [0.2, 0.25) is 0 Å². The summed E-state index contributed by atoms with van der Waals surface area (Å²) in [6, 6.07) is 0. The summed E-state index contributed by atoms with van der Waals surface area (Å²) in [4.78, 5) is 27.6. The van der Waals surface area contributed by atoms with Crippen LogP contribution in [0.25, 0.3) is 0 Å². The van der Waals surface area contributed by atoms with Crippen LogP contribution >= 0.6 is 0 Å². The molecule has 18 atom stereocenters. The van der Waals surface area contributed by atoms with Crippen molar-refractivity contribution in [1.29, 1.82) is 0 Å². The quantitative estimate of drug-likeness (QED) is 0.0551. The fourth-order valence-corrected chi connectivity index (χ4v) is 7.83. The molecule has 0 amide bonds. The SMILES string of the molecule is C=C[C@@H]1C2C[C@@H](OC(=O)C3=CO[C@@H](O[C@H]4O[C@@H](CO)[C@H](O)[C@H](O)[C@H]4O)[C@@H](C(O[C@H]4O[C@@H](CO)[C@H](O)[C@H](O)[C@H]4O)OC=C2C(=O)OC)[C@H]3CC(OC)OC)[C@H]1C. The van der Waals surface area contributed by atoms with Gasteiger partial charge in [0.2, 0.25) is 12.6 Å². The van der Waals surface area contributed by atoms with E-state index in [0.717, 1.165) is 19.6 Å². The molecule has 5 aliphatic rings. The van der Waals surface area contributed by atoms with Gasteiger partial charge in [0.25, 0.3) is 0 Å². The van der Waals surface area contributed by atoms with Crippen LogP contribution in [0.5, 0.6) is 0 Å². The summed E-state index contributed by atoms with van der Waals surface area (Å²) in [6.07, 6.45) is -19.3. The Labute approximate surface area is 316 Å². The van der Waals surface area contributed by atoms with Crippen LogP contribution in [-0.2, 0) is 57.0 Å².